The zero-order valence-electron chi connectivity index (χ0n) is 17.2. The third kappa shape index (κ3) is 3.37. The number of aryl methyl sites for hydroxylation is 1. The number of nitrogens with zero attached hydrogens (tertiary/aromatic N) is 4. The van der Waals surface area contributed by atoms with E-state index in [4.69, 9.17) is 5.10 Å². The molecule has 1 aliphatic heterocycles. The highest BCUT2D eigenvalue weighted by Crippen LogP contribution is 2.33. The molecule has 4 aromatic rings. The molecule has 5 rings (SSSR count). The number of aromatic nitrogens is 3. The van der Waals surface area contributed by atoms with Crippen LogP contribution in [0.1, 0.15) is 32.7 Å². The summed E-state index contributed by atoms with van der Waals surface area (Å²) in [5.41, 5.74) is 3.16. The Kier molecular flexibility index (Phi) is 4.65. The summed E-state index contributed by atoms with van der Waals surface area (Å²) in [4.78, 5) is 14.6. The van der Waals surface area contributed by atoms with Gasteiger partial charge >= 0.3 is 6.18 Å². The van der Waals surface area contributed by atoms with E-state index in [1.165, 1.54) is 12.1 Å². The molecule has 0 spiro atoms. The van der Waals surface area contributed by atoms with Gasteiger partial charge in [0.05, 0.1) is 30.0 Å². The minimum absolute atomic E-state index is 0.220. The second-order valence-electron chi connectivity index (χ2n) is 7.77. The van der Waals surface area contributed by atoms with E-state index in [9.17, 15) is 18.0 Å². The Balaban J connectivity index is 1.49. The zero-order chi connectivity index (χ0) is 22.5. The van der Waals surface area contributed by atoms with Crippen molar-refractivity contribution in [2.24, 2.45) is 0 Å². The molecule has 8 heteroatoms. The lowest BCUT2D eigenvalue weighted by Gasteiger charge is -2.18. The molecule has 1 aliphatic rings. The van der Waals surface area contributed by atoms with E-state index in [1.807, 2.05) is 65.0 Å². The van der Waals surface area contributed by atoms with Gasteiger partial charge in [-0.25, -0.2) is 4.68 Å². The average Bonchev–Trinajstić information content (AvgIpc) is 3.49. The van der Waals surface area contributed by atoms with E-state index in [2.05, 4.69) is 0 Å². The number of rotatable bonds is 3. The normalized spacial score (nSPS) is 13.4. The van der Waals surface area contributed by atoms with E-state index in [0.29, 0.717) is 13.1 Å². The maximum Gasteiger partial charge on any atom is 0.416 e. The van der Waals surface area contributed by atoms with Crippen LogP contribution in [-0.2, 0) is 19.3 Å². The van der Waals surface area contributed by atoms with E-state index >= 15 is 0 Å². The molecule has 0 radical (unpaired) electrons. The average molecular weight is 436 g/mol. The number of halogens is 3. The van der Waals surface area contributed by atoms with E-state index in [-0.39, 0.29) is 11.5 Å². The summed E-state index contributed by atoms with van der Waals surface area (Å²) >= 11 is 0. The fraction of sp³-hybridized carbons (Fsp3) is 0.167. The molecule has 5 nitrogen and oxygen atoms in total. The number of benzene rings is 2. The van der Waals surface area contributed by atoms with Gasteiger partial charge < -0.3 is 9.47 Å². The molecule has 0 saturated heterocycles. The van der Waals surface area contributed by atoms with Gasteiger partial charge in [0, 0.05) is 23.5 Å². The molecule has 162 valence electrons. The van der Waals surface area contributed by atoms with Gasteiger partial charge in [-0.1, -0.05) is 18.2 Å². The van der Waals surface area contributed by atoms with Crippen LogP contribution in [0.3, 0.4) is 0 Å². The number of hydrogen-bond acceptors (Lipinski definition) is 2. The van der Waals surface area contributed by atoms with Crippen molar-refractivity contribution < 1.29 is 18.0 Å². The summed E-state index contributed by atoms with van der Waals surface area (Å²) in [6.45, 7) is 2.64. The second-order valence-corrected chi connectivity index (χ2v) is 7.77. The topological polar surface area (TPSA) is 43.1 Å². The quantitative estimate of drug-likeness (QED) is 0.446. The van der Waals surface area contributed by atoms with Gasteiger partial charge in [0.15, 0.2) is 0 Å². The van der Waals surface area contributed by atoms with E-state index in [0.717, 1.165) is 40.5 Å². The Labute approximate surface area is 182 Å². The van der Waals surface area contributed by atoms with E-state index < -0.39 is 11.7 Å². The predicted molar refractivity (Wildman–Crippen MR) is 113 cm³/mol. The Morgan fingerprint density at radius 2 is 1.62 bits per heavy atom. The molecule has 2 aromatic heterocycles. The second kappa shape index (κ2) is 7.40. The summed E-state index contributed by atoms with van der Waals surface area (Å²) in [5.74, 6) is 0.527. The fourth-order valence-electron chi connectivity index (χ4n) is 4.04. The number of alkyl halides is 3. The van der Waals surface area contributed by atoms with Crippen LogP contribution < -0.4 is 0 Å². The minimum atomic E-state index is -4.43. The number of hydrogen-bond donors (Lipinski definition) is 0. The maximum atomic E-state index is 13.0. The van der Waals surface area contributed by atoms with Crippen LogP contribution in [0.5, 0.6) is 0 Å². The van der Waals surface area contributed by atoms with Crippen molar-refractivity contribution in [3.63, 3.8) is 0 Å². The molecule has 3 heterocycles. The van der Waals surface area contributed by atoms with Gasteiger partial charge in [0.25, 0.3) is 5.91 Å². The third-order valence-corrected chi connectivity index (χ3v) is 5.67. The van der Waals surface area contributed by atoms with Crippen molar-refractivity contribution in [1.29, 1.82) is 0 Å². The van der Waals surface area contributed by atoms with Crippen LogP contribution in [0.4, 0.5) is 13.2 Å². The largest absolute Gasteiger partial charge is 0.416 e. The molecular weight excluding hydrogens is 417 g/mol. The summed E-state index contributed by atoms with van der Waals surface area (Å²) in [7, 11) is 0. The standard InChI is InChI=1S/C24H19F3N4O/c1-16-6-2-3-7-21(16)31-22(29-12-4-5-13-29)19-14-30(15-20(19)28-31)23(32)17-8-10-18(11-9-17)24(25,26)27/h2-13H,14-15H2,1H3. The monoisotopic (exact) mass is 436 g/mol. The molecule has 0 saturated carbocycles. The van der Waals surface area contributed by atoms with Gasteiger partial charge in [-0.2, -0.15) is 18.3 Å². The van der Waals surface area contributed by atoms with Gasteiger partial charge in [0.2, 0.25) is 0 Å². The SMILES string of the molecule is Cc1ccccc1-n1nc2c(c1-n1cccc1)CN(C(=O)c1ccc(C(F)(F)F)cc1)C2. The highest BCUT2D eigenvalue weighted by molar-refractivity contribution is 5.94. The van der Waals surface area contributed by atoms with Crippen LogP contribution >= 0.6 is 0 Å². The van der Waals surface area contributed by atoms with Gasteiger partial charge in [-0.3, -0.25) is 4.79 Å². The smallest absolute Gasteiger partial charge is 0.328 e. The molecule has 0 aliphatic carbocycles. The molecule has 0 fully saturated rings. The highest BCUT2D eigenvalue weighted by Gasteiger charge is 2.33. The van der Waals surface area contributed by atoms with Crippen molar-refractivity contribution in [3.8, 4) is 11.5 Å². The first-order chi connectivity index (χ1) is 15.3. The Bertz CT molecular complexity index is 1290. The molecule has 32 heavy (non-hydrogen) atoms. The highest BCUT2D eigenvalue weighted by atomic mass is 19.4. The van der Waals surface area contributed by atoms with Crippen molar-refractivity contribution in [2.45, 2.75) is 26.2 Å². The van der Waals surface area contributed by atoms with Crippen molar-refractivity contribution >= 4 is 5.91 Å². The zero-order valence-corrected chi connectivity index (χ0v) is 17.2. The Morgan fingerprint density at radius 1 is 0.938 bits per heavy atom. The van der Waals surface area contributed by atoms with Crippen LogP contribution in [-0.4, -0.2) is 25.2 Å². The first-order valence-corrected chi connectivity index (χ1v) is 10.1. The lowest BCUT2D eigenvalue weighted by Crippen LogP contribution is -2.26. The Morgan fingerprint density at radius 3 is 2.28 bits per heavy atom. The summed E-state index contributed by atoms with van der Waals surface area (Å²) in [5, 5.41) is 4.80. The van der Waals surface area contributed by atoms with Crippen LogP contribution in [0.25, 0.3) is 11.5 Å². The molecule has 0 unspecified atom stereocenters. The number of carbonyl (C=O) groups excluding carboxylic acids is 1. The third-order valence-electron chi connectivity index (χ3n) is 5.67. The molecule has 1 amide bonds. The van der Waals surface area contributed by atoms with Gasteiger partial charge in [-0.15, -0.1) is 0 Å². The van der Waals surface area contributed by atoms with Crippen LogP contribution in [0.15, 0.2) is 73.1 Å². The van der Waals surface area contributed by atoms with Gasteiger partial charge in [-0.05, 0) is 55.0 Å². The van der Waals surface area contributed by atoms with Crippen LogP contribution in [0, 0.1) is 6.92 Å². The number of amides is 1. The summed E-state index contributed by atoms with van der Waals surface area (Å²) in [6.07, 6.45) is -0.588. The molecule has 0 N–H and O–H groups in total. The van der Waals surface area contributed by atoms with Gasteiger partial charge in [0.1, 0.15) is 5.82 Å². The number of fused-ring (bicyclic) bond motifs is 1. The maximum absolute atomic E-state index is 13.0. The molecular formula is C24H19F3N4O. The number of carbonyl (C=O) groups is 1. The lowest BCUT2D eigenvalue weighted by molar-refractivity contribution is -0.137. The molecule has 0 atom stereocenters. The fourth-order valence-corrected chi connectivity index (χ4v) is 4.04. The first kappa shape index (κ1) is 20.1. The Hall–Kier alpha value is -3.81. The molecule has 2 aromatic carbocycles. The van der Waals surface area contributed by atoms with Crippen molar-refractivity contribution in [1.82, 2.24) is 19.2 Å². The van der Waals surface area contributed by atoms with Crippen molar-refractivity contribution in [2.75, 3.05) is 0 Å². The van der Waals surface area contributed by atoms with E-state index in [1.54, 1.807) is 4.90 Å². The summed E-state index contributed by atoms with van der Waals surface area (Å²) < 4.78 is 42.4. The number of para-hydroxylation sites is 1. The van der Waals surface area contributed by atoms with Crippen LogP contribution in [0.2, 0.25) is 0 Å². The van der Waals surface area contributed by atoms with Crippen molar-refractivity contribution in [3.05, 3.63) is 101 Å². The first-order valence-electron chi connectivity index (χ1n) is 10.1. The summed E-state index contributed by atoms with van der Waals surface area (Å²) in [6, 6.07) is 16.1. The lowest BCUT2D eigenvalue weighted by atomic mass is 10.1. The molecule has 0 bridgehead atoms. The minimum Gasteiger partial charge on any atom is -0.328 e. The predicted octanol–water partition coefficient (Wildman–Crippen LogP) is 5.15.